The molecule has 3 N–H and O–H groups in total. The highest BCUT2D eigenvalue weighted by molar-refractivity contribution is 6.04. The van der Waals surface area contributed by atoms with E-state index in [-0.39, 0.29) is 11.9 Å². The number of nitrogens with one attached hydrogen (secondary N) is 3. The number of urea groups is 1. The number of rotatable bonds is 4. The van der Waals surface area contributed by atoms with Crippen LogP contribution in [0.4, 0.5) is 16.3 Å². The Bertz CT molecular complexity index is 998. The summed E-state index contributed by atoms with van der Waals surface area (Å²) in [4.78, 5) is 26.6. The molecule has 8 nitrogen and oxygen atoms in total. The fourth-order valence-corrected chi connectivity index (χ4v) is 3.03. The van der Waals surface area contributed by atoms with Gasteiger partial charge in [-0.05, 0) is 36.4 Å². The number of aromatic amines is 1. The molecule has 0 unspecified atom stereocenters. The average Bonchev–Trinajstić information content (AvgIpc) is 3.31. The van der Waals surface area contributed by atoms with Crippen LogP contribution in [0, 0.1) is 0 Å². The standard InChI is InChI=1S/C20H19N5O3/c1-28-15-9-7-13(8-10-15)19(26)22-18-16-11-25(12-17(16)23-24-18)20(27)21-14-5-3-2-4-6-14/h2-10H,11-12H2,1H3,(H,21,27)(H2,22,23,24,26). The van der Waals surface area contributed by atoms with Gasteiger partial charge in [0.2, 0.25) is 0 Å². The number of carbonyl (C=O) groups is 2. The van der Waals surface area contributed by atoms with Crippen molar-refractivity contribution < 1.29 is 14.3 Å². The topological polar surface area (TPSA) is 99.3 Å². The lowest BCUT2D eigenvalue weighted by molar-refractivity contribution is 0.102. The molecule has 0 atom stereocenters. The van der Waals surface area contributed by atoms with Crippen LogP contribution in [0.1, 0.15) is 21.6 Å². The second-order valence-corrected chi connectivity index (χ2v) is 6.36. The maximum absolute atomic E-state index is 12.5. The predicted molar refractivity (Wildman–Crippen MR) is 104 cm³/mol. The van der Waals surface area contributed by atoms with E-state index in [9.17, 15) is 9.59 Å². The van der Waals surface area contributed by atoms with Gasteiger partial charge in [-0.1, -0.05) is 18.2 Å². The Morgan fingerprint density at radius 2 is 1.79 bits per heavy atom. The fourth-order valence-electron chi connectivity index (χ4n) is 3.03. The number of hydrogen-bond donors (Lipinski definition) is 3. The molecule has 8 heteroatoms. The monoisotopic (exact) mass is 377 g/mol. The van der Waals surface area contributed by atoms with Gasteiger partial charge in [0, 0.05) is 16.8 Å². The maximum atomic E-state index is 12.5. The minimum Gasteiger partial charge on any atom is -0.497 e. The minimum atomic E-state index is -0.274. The van der Waals surface area contributed by atoms with Crippen molar-refractivity contribution in [2.24, 2.45) is 0 Å². The molecule has 2 heterocycles. The van der Waals surface area contributed by atoms with Gasteiger partial charge in [0.1, 0.15) is 5.75 Å². The predicted octanol–water partition coefficient (Wildman–Crippen LogP) is 3.22. The van der Waals surface area contributed by atoms with Gasteiger partial charge in [0.05, 0.1) is 25.9 Å². The van der Waals surface area contributed by atoms with Gasteiger partial charge >= 0.3 is 6.03 Å². The molecule has 142 valence electrons. The van der Waals surface area contributed by atoms with Gasteiger partial charge in [-0.3, -0.25) is 9.89 Å². The van der Waals surface area contributed by atoms with Crippen molar-refractivity contribution in [1.29, 1.82) is 0 Å². The van der Waals surface area contributed by atoms with E-state index in [1.807, 2.05) is 30.3 Å². The van der Waals surface area contributed by atoms with Crippen LogP contribution < -0.4 is 15.4 Å². The number of carbonyl (C=O) groups excluding carboxylic acids is 2. The summed E-state index contributed by atoms with van der Waals surface area (Å²) in [6.45, 7) is 0.766. The number of para-hydroxylation sites is 1. The van der Waals surface area contributed by atoms with Crippen LogP contribution in [0.2, 0.25) is 0 Å². The van der Waals surface area contributed by atoms with E-state index in [2.05, 4.69) is 20.8 Å². The lowest BCUT2D eigenvalue weighted by Crippen LogP contribution is -2.30. The fraction of sp³-hybridized carbons (Fsp3) is 0.150. The second kappa shape index (κ2) is 7.43. The number of anilines is 2. The number of hydrogen-bond acceptors (Lipinski definition) is 4. The molecule has 0 saturated heterocycles. The van der Waals surface area contributed by atoms with Crippen molar-refractivity contribution in [3.63, 3.8) is 0 Å². The largest absolute Gasteiger partial charge is 0.497 e. The highest BCUT2D eigenvalue weighted by Gasteiger charge is 2.29. The van der Waals surface area contributed by atoms with E-state index in [1.165, 1.54) is 0 Å². The van der Waals surface area contributed by atoms with Crippen molar-refractivity contribution in [2.45, 2.75) is 13.1 Å². The number of ether oxygens (including phenoxy) is 1. The Morgan fingerprint density at radius 1 is 1.04 bits per heavy atom. The Balaban J connectivity index is 1.42. The van der Waals surface area contributed by atoms with Gasteiger partial charge in [-0.2, -0.15) is 5.10 Å². The Labute approximate surface area is 161 Å². The zero-order chi connectivity index (χ0) is 19.5. The summed E-state index contributed by atoms with van der Waals surface area (Å²) in [6, 6.07) is 15.9. The van der Waals surface area contributed by atoms with E-state index >= 15 is 0 Å². The smallest absolute Gasteiger partial charge is 0.322 e. The maximum Gasteiger partial charge on any atom is 0.322 e. The third-order valence-corrected chi connectivity index (χ3v) is 4.55. The van der Waals surface area contributed by atoms with Crippen LogP contribution in [-0.4, -0.2) is 34.1 Å². The van der Waals surface area contributed by atoms with Crippen molar-refractivity contribution in [3.8, 4) is 5.75 Å². The summed E-state index contributed by atoms with van der Waals surface area (Å²) >= 11 is 0. The molecular formula is C20H19N5O3. The number of amides is 3. The third-order valence-electron chi connectivity index (χ3n) is 4.55. The summed E-state index contributed by atoms with van der Waals surface area (Å²) in [7, 11) is 1.57. The van der Waals surface area contributed by atoms with Gasteiger partial charge in [-0.15, -0.1) is 0 Å². The average molecular weight is 377 g/mol. The van der Waals surface area contributed by atoms with Crippen LogP contribution in [0.25, 0.3) is 0 Å². The molecule has 0 aliphatic carbocycles. The van der Waals surface area contributed by atoms with E-state index in [1.54, 1.807) is 36.3 Å². The minimum absolute atomic E-state index is 0.205. The molecule has 3 aromatic rings. The molecule has 0 saturated carbocycles. The van der Waals surface area contributed by atoms with Crippen LogP contribution in [0.15, 0.2) is 54.6 Å². The van der Waals surface area contributed by atoms with E-state index < -0.39 is 0 Å². The lowest BCUT2D eigenvalue weighted by Gasteiger charge is -2.16. The summed E-state index contributed by atoms with van der Waals surface area (Å²) in [6.07, 6.45) is 0. The highest BCUT2D eigenvalue weighted by atomic mass is 16.5. The van der Waals surface area contributed by atoms with Gasteiger partial charge in [0.25, 0.3) is 5.91 Å². The number of nitrogens with zero attached hydrogens (tertiary/aromatic N) is 2. The number of benzene rings is 2. The molecule has 1 aliphatic heterocycles. The number of aromatic nitrogens is 2. The molecule has 0 bridgehead atoms. The van der Waals surface area contributed by atoms with Crippen LogP contribution in [-0.2, 0) is 13.1 Å². The Kier molecular flexibility index (Phi) is 4.67. The first-order valence-electron chi connectivity index (χ1n) is 8.76. The van der Waals surface area contributed by atoms with Crippen LogP contribution >= 0.6 is 0 Å². The van der Waals surface area contributed by atoms with Crippen molar-refractivity contribution in [2.75, 3.05) is 17.7 Å². The van der Waals surface area contributed by atoms with Gasteiger partial charge in [0.15, 0.2) is 5.82 Å². The van der Waals surface area contributed by atoms with Crippen LogP contribution in [0.5, 0.6) is 5.75 Å². The molecule has 0 spiro atoms. The third kappa shape index (κ3) is 3.52. The first-order valence-corrected chi connectivity index (χ1v) is 8.76. The molecule has 1 aromatic heterocycles. The first-order chi connectivity index (χ1) is 13.6. The molecule has 3 amide bonds. The van der Waals surface area contributed by atoms with E-state index in [0.29, 0.717) is 30.2 Å². The Morgan fingerprint density at radius 3 is 2.50 bits per heavy atom. The molecule has 4 rings (SSSR count). The molecule has 1 aliphatic rings. The first kappa shape index (κ1) is 17.6. The van der Waals surface area contributed by atoms with Crippen LogP contribution in [0.3, 0.4) is 0 Å². The normalized spacial score (nSPS) is 12.4. The molecule has 0 radical (unpaired) electrons. The zero-order valence-electron chi connectivity index (χ0n) is 15.2. The van der Waals surface area contributed by atoms with Crippen molar-refractivity contribution in [3.05, 3.63) is 71.4 Å². The highest BCUT2D eigenvalue weighted by Crippen LogP contribution is 2.28. The van der Waals surface area contributed by atoms with Gasteiger partial charge < -0.3 is 20.3 Å². The second-order valence-electron chi connectivity index (χ2n) is 6.36. The quantitative estimate of drug-likeness (QED) is 0.650. The number of H-pyrrole nitrogens is 1. The molecule has 28 heavy (non-hydrogen) atoms. The molecule has 0 fully saturated rings. The molecular weight excluding hydrogens is 358 g/mol. The summed E-state index contributed by atoms with van der Waals surface area (Å²) in [5.41, 5.74) is 2.85. The van der Waals surface area contributed by atoms with E-state index in [0.717, 1.165) is 16.9 Å². The number of fused-ring (bicyclic) bond motifs is 1. The lowest BCUT2D eigenvalue weighted by atomic mass is 10.2. The number of methoxy groups -OCH3 is 1. The summed E-state index contributed by atoms with van der Waals surface area (Å²) in [5, 5.41) is 12.7. The zero-order valence-corrected chi connectivity index (χ0v) is 15.2. The van der Waals surface area contributed by atoms with Crippen molar-refractivity contribution >= 4 is 23.4 Å². The van der Waals surface area contributed by atoms with Crippen molar-refractivity contribution in [1.82, 2.24) is 15.1 Å². The Hall–Kier alpha value is -3.81. The molecule has 2 aromatic carbocycles. The SMILES string of the molecule is COc1ccc(C(=O)Nc2n[nH]c3c2CN(C(=O)Nc2ccccc2)C3)cc1. The summed E-state index contributed by atoms with van der Waals surface area (Å²) in [5.74, 6) is 0.840. The van der Waals surface area contributed by atoms with Gasteiger partial charge in [-0.25, -0.2) is 4.79 Å². The summed E-state index contributed by atoms with van der Waals surface area (Å²) < 4.78 is 5.10. The van der Waals surface area contributed by atoms with E-state index in [4.69, 9.17) is 4.74 Å².